The molecule has 1 aromatic carbocycles. The first-order valence-electron chi connectivity index (χ1n) is 7.14. The fraction of sp³-hybridized carbons (Fsp3) is 0.312. The number of carbonyl (C=O) groups excluding carboxylic acids is 1. The summed E-state index contributed by atoms with van der Waals surface area (Å²) in [6.07, 6.45) is 1.95. The van der Waals surface area contributed by atoms with Crippen molar-refractivity contribution in [1.82, 2.24) is 9.88 Å². The number of aliphatic carboxylic acids is 1. The number of thiazole rings is 1. The fourth-order valence-corrected chi connectivity index (χ4v) is 3.14. The Hall–Kier alpha value is -2.21. The van der Waals surface area contributed by atoms with Gasteiger partial charge in [-0.3, -0.25) is 9.59 Å². The van der Waals surface area contributed by atoms with Gasteiger partial charge in [0, 0.05) is 17.0 Å². The van der Waals surface area contributed by atoms with Gasteiger partial charge in [0.2, 0.25) is 5.91 Å². The van der Waals surface area contributed by atoms with Gasteiger partial charge in [0.1, 0.15) is 11.6 Å². The Kier molecular flexibility index (Phi) is 4.20. The molecule has 0 radical (unpaired) electrons. The summed E-state index contributed by atoms with van der Waals surface area (Å²) in [6.45, 7) is -0.223. The third kappa shape index (κ3) is 3.51. The molecule has 3 rings (SSSR count). The highest BCUT2D eigenvalue weighted by Crippen LogP contribution is 2.28. The van der Waals surface area contributed by atoms with E-state index in [9.17, 15) is 9.59 Å². The lowest BCUT2D eigenvalue weighted by Gasteiger charge is -2.19. The van der Waals surface area contributed by atoms with Crippen LogP contribution < -0.4 is 0 Å². The molecular formula is C16H16N2O3S. The van der Waals surface area contributed by atoms with Crippen LogP contribution in [0.25, 0.3) is 10.6 Å². The molecule has 1 N–H and O–H groups in total. The van der Waals surface area contributed by atoms with Gasteiger partial charge < -0.3 is 10.0 Å². The van der Waals surface area contributed by atoms with Crippen LogP contribution in [0.4, 0.5) is 0 Å². The lowest BCUT2D eigenvalue weighted by molar-refractivity contribution is -0.144. The maximum atomic E-state index is 12.3. The van der Waals surface area contributed by atoms with Crippen molar-refractivity contribution in [3.63, 3.8) is 0 Å². The largest absolute Gasteiger partial charge is 0.480 e. The SMILES string of the molecule is O=C(O)CN(C(=O)Cc1csc(-c2ccccc2)n1)C1CC1. The summed E-state index contributed by atoms with van der Waals surface area (Å²) in [5, 5.41) is 11.7. The smallest absolute Gasteiger partial charge is 0.323 e. The molecular weight excluding hydrogens is 300 g/mol. The number of benzene rings is 1. The average Bonchev–Trinajstić information content (AvgIpc) is 3.24. The van der Waals surface area contributed by atoms with Crippen molar-refractivity contribution in [2.24, 2.45) is 0 Å². The van der Waals surface area contributed by atoms with E-state index in [-0.39, 0.29) is 24.9 Å². The molecule has 0 spiro atoms. The molecule has 1 fully saturated rings. The second-order valence-electron chi connectivity index (χ2n) is 5.33. The van der Waals surface area contributed by atoms with Crippen LogP contribution in [0, 0.1) is 0 Å². The first-order valence-corrected chi connectivity index (χ1v) is 8.02. The minimum Gasteiger partial charge on any atom is -0.480 e. The van der Waals surface area contributed by atoms with Crippen LogP contribution >= 0.6 is 11.3 Å². The number of hydrogen-bond donors (Lipinski definition) is 1. The molecule has 1 heterocycles. The second kappa shape index (κ2) is 6.27. The van der Waals surface area contributed by atoms with E-state index in [1.54, 1.807) is 0 Å². The maximum absolute atomic E-state index is 12.3. The molecule has 1 aromatic heterocycles. The highest BCUT2D eigenvalue weighted by molar-refractivity contribution is 7.13. The molecule has 1 aliphatic rings. The van der Waals surface area contributed by atoms with Gasteiger partial charge in [0.05, 0.1) is 12.1 Å². The number of carbonyl (C=O) groups is 2. The minimum absolute atomic E-state index is 0.0934. The van der Waals surface area contributed by atoms with E-state index < -0.39 is 5.97 Å². The zero-order chi connectivity index (χ0) is 15.5. The lowest BCUT2D eigenvalue weighted by atomic mass is 10.2. The monoisotopic (exact) mass is 316 g/mol. The Bertz CT molecular complexity index is 680. The van der Waals surface area contributed by atoms with Crippen molar-refractivity contribution >= 4 is 23.2 Å². The van der Waals surface area contributed by atoms with E-state index in [4.69, 9.17) is 5.11 Å². The lowest BCUT2D eigenvalue weighted by Crippen LogP contribution is -2.38. The van der Waals surface area contributed by atoms with Crippen LogP contribution in [0.2, 0.25) is 0 Å². The van der Waals surface area contributed by atoms with Gasteiger partial charge in [0.25, 0.3) is 0 Å². The van der Waals surface area contributed by atoms with Gasteiger partial charge >= 0.3 is 5.97 Å². The third-order valence-electron chi connectivity index (χ3n) is 3.52. The first kappa shape index (κ1) is 14.7. The maximum Gasteiger partial charge on any atom is 0.323 e. The summed E-state index contributed by atoms with van der Waals surface area (Å²) < 4.78 is 0. The standard InChI is InChI=1S/C16H16N2O3S/c19-14(18(9-15(20)21)13-6-7-13)8-12-10-22-16(17-12)11-4-2-1-3-5-11/h1-5,10,13H,6-9H2,(H,20,21). The van der Waals surface area contributed by atoms with E-state index in [0.29, 0.717) is 5.69 Å². The van der Waals surface area contributed by atoms with Crippen LogP contribution in [0.5, 0.6) is 0 Å². The average molecular weight is 316 g/mol. The highest BCUT2D eigenvalue weighted by Gasteiger charge is 2.33. The predicted molar refractivity (Wildman–Crippen MR) is 83.6 cm³/mol. The van der Waals surface area contributed by atoms with E-state index in [1.807, 2.05) is 35.7 Å². The van der Waals surface area contributed by atoms with E-state index in [1.165, 1.54) is 16.2 Å². The molecule has 1 amide bonds. The van der Waals surface area contributed by atoms with Crippen molar-refractivity contribution in [1.29, 1.82) is 0 Å². The van der Waals surface area contributed by atoms with Gasteiger partial charge in [-0.05, 0) is 12.8 Å². The summed E-state index contributed by atoms with van der Waals surface area (Å²) in [6, 6.07) is 9.89. The summed E-state index contributed by atoms with van der Waals surface area (Å²) in [4.78, 5) is 29.1. The Morgan fingerprint density at radius 3 is 2.64 bits per heavy atom. The number of carboxylic acid groups (broad SMARTS) is 1. The van der Waals surface area contributed by atoms with E-state index in [2.05, 4.69) is 4.98 Å². The van der Waals surface area contributed by atoms with Gasteiger partial charge in [-0.2, -0.15) is 0 Å². The van der Waals surface area contributed by atoms with Crippen molar-refractivity contribution in [2.75, 3.05) is 6.54 Å². The van der Waals surface area contributed by atoms with Crippen molar-refractivity contribution in [2.45, 2.75) is 25.3 Å². The highest BCUT2D eigenvalue weighted by atomic mass is 32.1. The van der Waals surface area contributed by atoms with Crippen LogP contribution in [-0.4, -0.2) is 39.5 Å². The molecule has 2 aromatic rings. The number of aromatic nitrogens is 1. The van der Waals surface area contributed by atoms with Gasteiger partial charge in [-0.25, -0.2) is 4.98 Å². The van der Waals surface area contributed by atoms with Crippen LogP contribution in [0.3, 0.4) is 0 Å². The second-order valence-corrected chi connectivity index (χ2v) is 6.19. The summed E-state index contributed by atoms with van der Waals surface area (Å²) in [5.41, 5.74) is 1.72. The number of amides is 1. The molecule has 22 heavy (non-hydrogen) atoms. The summed E-state index contributed by atoms with van der Waals surface area (Å²) in [7, 11) is 0. The zero-order valence-corrected chi connectivity index (χ0v) is 12.8. The Labute approximate surface area is 132 Å². The van der Waals surface area contributed by atoms with Crippen LogP contribution in [0.1, 0.15) is 18.5 Å². The third-order valence-corrected chi connectivity index (χ3v) is 4.46. The predicted octanol–water partition coefficient (Wildman–Crippen LogP) is 2.43. The van der Waals surface area contributed by atoms with Crippen LogP contribution in [0.15, 0.2) is 35.7 Å². The summed E-state index contributed by atoms with van der Waals surface area (Å²) in [5.74, 6) is -1.13. The Balaban J connectivity index is 1.69. The molecule has 1 aliphatic carbocycles. The topological polar surface area (TPSA) is 70.5 Å². The Morgan fingerprint density at radius 2 is 2.00 bits per heavy atom. The zero-order valence-electron chi connectivity index (χ0n) is 11.9. The number of rotatable bonds is 6. The van der Waals surface area contributed by atoms with Crippen LogP contribution in [-0.2, 0) is 16.0 Å². The fourth-order valence-electron chi connectivity index (χ4n) is 2.31. The molecule has 1 saturated carbocycles. The number of nitrogens with zero attached hydrogens (tertiary/aromatic N) is 2. The first-order chi connectivity index (χ1) is 10.6. The quantitative estimate of drug-likeness (QED) is 0.888. The molecule has 6 heteroatoms. The van der Waals surface area contributed by atoms with Gasteiger partial charge in [-0.15, -0.1) is 11.3 Å². The number of carboxylic acids is 1. The molecule has 0 aliphatic heterocycles. The molecule has 0 unspecified atom stereocenters. The van der Waals surface area contributed by atoms with E-state index >= 15 is 0 Å². The molecule has 0 bridgehead atoms. The normalized spacial score (nSPS) is 13.8. The molecule has 0 saturated heterocycles. The Morgan fingerprint density at radius 1 is 1.27 bits per heavy atom. The van der Waals surface area contributed by atoms with Gasteiger partial charge in [-0.1, -0.05) is 30.3 Å². The van der Waals surface area contributed by atoms with Crippen molar-refractivity contribution < 1.29 is 14.7 Å². The molecule has 0 atom stereocenters. The minimum atomic E-state index is -0.969. The van der Waals surface area contributed by atoms with Crippen molar-refractivity contribution in [3.05, 3.63) is 41.4 Å². The summed E-state index contributed by atoms with van der Waals surface area (Å²) >= 11 is 1.50. The van der Waals surface area contributed by atoms with E-state index in [0.717, 1.165) is 23.4 Å². The number of hydrogen-bond acceptors (Lipinski definition) is 4. The van der Waals surface area contributed by atoms with Gasteiger partial charge in [0.15, 0.2) is 0 Å². The van der Waals surface area contributed by atoms with Crippen molar-refractivity contribution in [3.8, 4) is 10.6 Å². The molecule has 114 valence electrons. The molecule has 5 nitrogen and oxygen atoms in total.